The molecule has 1 aromatic carbocycles. The third kappa shape index (κ3) is 8.61. The van der Waals surface area contributed by atoms with E-state index in [9.17, 15) is 4.39 Å². The van der Waals surface area contributed by atoms with Gasteiger partial charge in [-0.2, -0.15) is 0 Å². The largest absolute Gasteiger partial charge is 0.489 e. The normalized spacial score (nSPS) is 18.7. The third-order valence-electron chi connectivity index (χ3n) is 4.50. The van der Waals surface area contributed by atoms with Gasteiger partial charge in [-0.05, 0) is 38.4 Å². The molecule has 2 atom stereocenters. The van der Waals surface area contributed by atoms with Crippen molar-refractivity contribution in [3.63, 3.8) is 0 Å². The first-order chi connectivity index (χ1) is 12.6. The molecule has 0 bridgehead atoms. The summed E-state index contributed by atoms with van der Waals surface area (Å²) in [5.74, 6) is 0.981. The number of rotatable bonds is 9. The molecule has 154 valence electrons. The summed E-state index contributed by atoms with van der Waals surface area (Å²) in [6.45, 7) is 6.22. The first kappa shape index (κ1) is 23.9. The zero-order valence-electron chi connectivity index (χ0n) is 16.4. The molecule has 0 aromatic heterocycles. The van der Waals surface area contributed by atoms with E-state index in [4.69, 9.17) is 9.47 Å². The van der Waals surface area contributed by atoms with Crippen LogP contribution in [0, 0.1) is 5.82 Å². The Morgan fingerprint density at radius 3 is 2.93 bits per heavy atom. The number of hydrogen-bond donors (Lipinski definition) is 2. The number of nitrogens with one attached hydrogen (secondary N) is 2. The van der Waals surface area contributed by atoms with E-state index < -0.39 is 0 Å². The molecule has 1 saturated heterocycles. The van der Waals surface area contributed by atoms with Crippen molar-refractivity contribution < 1.29 is 13.9 Å². The number of nitrogens with zero attached hydrogens (tertiary/aromatic N) is 2. The summed E-state index contributed by atoms with van der Waals surface area (Å²) in [5, 5.41) is 6.65. The van der Waals surface area contributed by atoms with Crippen molar-refractivity contribution in [2.45, 2.75) is 31.9 Å². The minimum atomic E-state index is -0.297. The molecule has 0 saturated carbocycles. The molecule has 27 heavy (non-hydrogen) atoms. The standard InChI is InChI=1S/C19H31FN4O2.HI/c1-15(26-18-8-4-6-16(20)12-18)13-22-19(21-2)23-14-17-7-5-9-24(17)10-11-25-3;/h4,6,8,12,15,17H,5,7,9-11,13-14H2,1-3H3,(H2,21,22,23);1H. The zero-order chi connectivity index (χ0) is 18.8. The van der Waals surface area contributed by atoms with Crippen LogP contribution in [0.1, 0.15) is 19.8 Å². The number of halogens is 2. The summed E-state index contributed by atoms with van der Waals surface area (Å²) in [5.41, 5.74) is 0. The lowest BCUT2D eigenvalue weighted by Crippen LogP contribution is -2.47. The number of methoxy groups -OCH3 is 1. The number of benzene rings is 1. The van der Waals surface area contributed by atoms with Gasteiger partial charge in [-0.25, -0.2) is 4.39 Å². The van der Waals surface area contributed by atoms with E-state index >= 15 is 0 Å². The van der Waals surface area contributed by atoms with Crippen molar-refractivity contribution >= 4 is 29.9 Å². The molecule has 0 aliphatic carbocycles. The monoisotopic (exact) mass is 494 g/mol. The van der Waals surface area contributed by atoms with Crippen LogP contribution in [0.15, 0.2) is 29.3 Å². The van der Waals surface area contributed by atoms with E-state index in [1.807, 2.05) is 6.92 Å². The molecule has 1 aliphatic heterocycles. The van der Waals surface area contributed by atoms with Gasteiger partial charge in [0.1, 0.15) is 17.7 Å². The molecule has 0 radical (unpaired) electrons. The van der Waals surface area contributed by atoms with E-state index in [1.165, 1.54) is 25.0 Å². The lowest BCUT2D eigenvalue weighted by Gasteiger charge is -2.25. The van der Waals surface area contributed by atoms with Gasteiger partial charge in [-0.1, -0.05) is 6.07 Å². The highest BCUT2D eigenvalue weighted by Gasteiger charge is 2.24. The Morgan fingerprint density at radius 1 is 1.41 bits per heavy atom. The maximum absolute atomic E-state index is 13.2. The van der Waals surface area contributed by atoms with Crippen LogP contribution in [0.5, 0.6) is 5.75 Å². The molecule has 1 aromatic rings. The lowest BCUT2D eigenvalue weighted by atomic mass is 10.2. The van der Waals surface area contributed by atoms with Gasteiger partial charge in [-0.15, -0.1) is 24.0 Å². The third-order valence-corrected chi connectivity index (χ3v) is 4.50. The molecule has 2 rings (SSSR count). The Hall–Kier alpha value is -1.13. The maximum Gasteiger partial charge on any atom is 0.191 e. The Balaban J connectivity index is 0.00000364. The molecular weight excluding hydrogens is 462 g/mol. The van der Waals surface area contributed by atoms with Crippen LogP contribution >= 0.6 is 24.0 Å². The minimum Gasteiger partial charge on any atom is -0.489 e. The van der Waals surface area contributed by atoms with Gasteiger partial charge in [0.05, 0.1) is 13.2 Å². The predicted molar refractivity (Wildman–Crippen MR) is 118 cm³/mol. The Morgan fingerprint density at radius 2 is 2.22 bits per heavy atom. The Bertz CT molecular complexity index is 576. The highest BCUT2D eigenvalue weighted by molar-refractivity contribution is 14.0. The van der Waals surface area contributed by atoms with Crippen LogP contribution in [0.3, 0.4) is 0 Å². The Kier molecular flexibility index (Phi) is 11.6. The molecule has 2 unspecified atom stereocenters. The van der Waals surface area contributed by atoms with Gasteiger partial charge >= 0.3 is 0 Å². The predicted octanol–water partition coefficient (Wildman–Crippen LogP) is 2.49. The van der Waals surface area contributed by atoms with Crippen LogP contribution in [-0.4, -0.2) is 69.9 Å². The molecule has 1 heterocycles. The van der Waals surface area contributed by atoms with E-state index in [1.54, 1.807) is 26.3 Å². The summed E-state index contributed by atoms with van der Waals surface area (Å²) < 4.78 is 24.1. The molecule has 0 spiro atoms. The second kappa shape index (κ2) is 13.1. The van der Waals surface area contributed by atoms with Crippen LogP contribution in [0.2, 0.25) is 0 Å². The molecule has 6 nitrogen and oxygen atoms in total. The lowest BCUT2D eigenvalue weighted by molar-refractivity contribution is 0.141. The molecule has 0 amide bonds. The first-order valence-corrected chi connectivity index (χ1v) is 9.22. The van der Waals surface area contributed by atoms with Gasteiger partial charge in [0, 0.05) is 39.4 Å². The van der Waals surface area contributed by atoms with Crippen LogP contribution < -0.4 is 15.4 Å². The van der Waals surface area contributed by atoms with Gasteiger partial charge < -0.3 is 20.1 Å². The second-order valence-corrected chi connectivity index (χ2v) is 6.54. The fraction of sp³-hybridized carbons (Fsp3) is 0.632. The number of hydrogen-bond acceptors (Lipinski definition) is 4. The summed E-state index contributed by atoms with van der Waals surface area (Å²) in [7, 11) is 3.49. The minimum absolute atomic E-state index is 0. The van der Waals surface area contributed by atoms with E-state index in [0.29, 0.717) is 18.3 Å². The van der Waals surface area contributed by atoms with Crippen LogP contribution in [0.4, 0.5) is 4.39 Å². The smallest absolute Gasteiger partial charge is 0.191 e. The molecule has 8 heteroatoms. The number of likely N-dealkylation sites (tertiary alicyclic amines) is 1. The number of aliphatic imine (C=N–C) groups is 1. The van der Waals surface area contributed by atoms with Gasteiger partial charge in [0.15, 0.2) is 5.96 Å². The van der Waals surface area contributed by atoms with Crippen molar-refractivity contribution in [3.05, 3.63) is 30.1 Å². The number of ether oxygens (including phenoxy) is 2. The topological polar surface area (TPSA) is 58.1 Å². The fourth-order valence-corrected chi connectivity index (χ4v) is 3.12. The van der Waals surface area contributed by atoms with Gasteiger partial charge in [0.25, 0.3) is 0 Å². The molecule has 2 N–H and O–H groups in total. The zero-order valence-corrected chi connectivity index (χ0v) is 18.7. The van der Waals surface area contributed by atoms with Gasteiger partial charge in [0.2, 0.25) is 0 Å². The number of guanidine groups is 1. The maximum atomic E-state index is 13.2. The first-order valence-electron chi connectivity index (χ1n) is 9.22. The van der Waals surface area contributed by atoms with Crippen LogP contribution in [0.25, 0.3) is 0 Å². The summed E-state index contributed by atoms with van der Waals surface area (Å²) >= 11 is 0. The Labute approximate surface area is 178 Å². The highest BCUT2D eigenvalue weighted by atomic mass is 127. The van der Waals surface area contributed by atoms with Crippen molar-refractivity contribution in [2.24, 2.45) is 4.99 Å². The van der Waals surface area contributed by atoms with Crippen molar-refractivity contribution in [3.8, 4) is 5.75 Å². The summed E-state index contributed by atoms with van der Waals surface area (Å²) in [6.07, 6.45) is 2.30. The summed E-state index contributed by atoms with van der Waals surface area (Å²) in [6, 6.07) is 6.69. The second-order valence-electron chi connectivity index (χ2n) is 6.54. The van der Waals surface area contributed by atoms with Crippen molar-refractivity contribution in [2.75, 3.05) is 46.9 Å². The average molecular weight is 494 g/mol. The molecule has 1 aliphatic rings. The van der Waals surface area contributed by atoms with E-state index in [2.05, 4.69) is 20.5 Å². The van der Waals surface area contributed by atoms with E-state index in [0.717, 1.165) is 32.2 Å². The van der Waals surface area contributed by atoms with Crippen LogP contribution in [-0.2, 0) is 4.74 Å². The molecular formula is C19H32FIN4O2. The van der Waals surface area contributed by atoms with Crippen molar-refractivity contribution in [1.82, 2.24) is 15.5 Å². The molecule has 1 fully saturated rings. The average Bonchev–Trinajstić information content (AvgIpc) is 3.07. The fourth-order valence-electron chi connectivity index (χ4n) is 3.12. The van der Waals surface area contributed by atoms with E-state index in [-0.39, 0.29) is 35.9 Å². The summed E-state index contributed by atoms with van der Waals surface area (Å²) in [4.78, 5) is 6.72. The highest BCUT2D eigenvalue weighted by Crippen LogP contribution is 2.16. The van der Waals surface area contributed by atoms with Gasteiger partial charge in [-0.3, -0.25) is 9.89 Å². The van der Waals surface area contributed by atoms with Crippen molar-refractivity contribution in [1.29, 1.82) is 0 Å². The SMILES string of the molecule is CN=C(NCC(C)Oc1cccc(F)c1)NCC1CCCN1CCOC.I. The quantitative estimate of drug-likeness (QED) is 0.314.